The smallest absolute Gasteiger partial charge is 0.150 e. The number of benzene rings is 3. The third kappa shape index (κ3) is 6.29. The van der Waals surface area contributed by atoms with Gasteiger partial charge in [-0.15, -0.1) is 0 Å². The fraction of sp³-hybridized carbons (Fsp3) is 0.250. The van der Waals surface area contributed by atoms with E-state index in [1.54, 1.807) is 11.9 Å². The third-order valence-electron chi connectivity index (χ3n) is 5.98. The maximum absolute atomic E-state index is 11.0. The van der Waals surface area contributed by atoms with Gasteiger partial charge < -0.3 is 19.7 Å². The Kier molecular flexibility index (Phi) is 7.73. The van der Waals surface area contributed by atoms with Gasteiger partial charge in [0.25, 0.3) is 0 Å². The molecule has 4 aromatic rings. The van der Waals surface area contributed by atoms with Crippen LogP contribution in [0, 0.1) is 0 Å². The highest BCUT2D eigenvalue weighted by Gasteiger charge is 2.20. The number of fused-ring (bicyclic) bond motifs is 1. The molecule has 0 aliphatic heterocycles. The number of aromatic nitrogens is 1. The van der Waals surface area contributed by atoms with Gasteiger partial charge in [0, 0.05) is 51.9 Å². The second-order valence-corrected chi connectivity index (χ2v) is 10.00. The Bertz CT molecular complexity index is 1240. The van der Waals surface area contributed by atoms with E-state index in [0.29, 0.717) is 12.1 Å². The average Bonchev–Trinajstić information content (AvgIpc) is 3.28. The van der Waals surface area contributed by atoms with E-state index in [4.69, 9.17) is 0 Å². The van der Waals surface area contributed by atoms with E-state index in [2.05, 4.69) is 46.8 Å². The molecule has 0 aliphatic rings. The first-order valence-electron chi connectivity index (χ1n) is 11.5. The van der Waals surface area contributed by atoms with Crippen molar-refractivity contribution in [2.75, 3.05) is 11.3 Å². The molecule has 4 rings (SSSR count). The SMILES string of the molecule is CC(C)(CCn1ccc2cc(C=O)ccc21)NCC(O)c1cccc(NSc2ccccc2)c1. The fourth-order valence-corrected chi connectivity index (χ4v) is 4.54. The van der Waals surface area contributed by atoms with E-state index in [9.17, 15) is 9.90 Å². The number of carbonyl (C=O) groups excluding carboxylic acids is 1. The minimum absolute atomic E-state index is 0.153. The van der Waals surface area contributed by atoms with Gasteiger partial charge in [-0.2, -0.15) is 0 Å². The summed E-state index contributed by atoms with van der Waals surface area (Å²) >= 11 is 1.55. The predicted molar refractivity (Wildman–Crippen MR) is 141 cm³/mol. The van der Waals surface area contributed by atoms with Crippen molar-refractivity contribution in [2.45, 2.75) is 43.4 Å². The number of carbonyl (C=O) groups is 1. The number of anilines is 1. The summed E-state index contributed by atoms with van der Waals surface area (Å²) in [4.78, 5) is 12.1. The van der Waals surface area contributed by atoms with Gasteiger partial charge in [0.1, 0.15) is 6.29 Å². The number of nitrogens with one attached hydrogen (secondary N) is 2. The van der Waals surface area contributed by atoms with Crippen LogP contribution in [-0.2, 0) is 6.54 Å². The first-order valence-corrected chi connectivity index (χ1v) is 12.3. The molecule has 1 heterocycles. The number of aryl methyl sites for hydroxylation is 1. The number of aldehydes is 1. The summed E-state index contributed by atoms with van der Waals surface area (Å²) < 4.78 is 5.56. The van der Waals surface area contributed by atoms with E-state index >= 15 is 0 Å². The minimum atomic E-state index is -0.600. The van der Waals surface area contributed by atoms with Crippen LogP contribution in [0.4, 0.5) is 5.69 Å². The molecule has 0 fully saturated rings. The highest BCUT2D eigenvalue weighted by molar-refractivity contribution is 8.00. The van der Waals surface area contributed by atoms with Crippen molar-refractivity contribution >= 4 is 34.8 Å². The molecule has 0 amide bonds. The van der Waals surface area contributed by atoms with Crippen LogP contribution in [0.1, 0.15) is 42.3 Å². The summed E-state index contributed by atoms with van der Waals surface area (Å²) in [6.07, 6.45) is 3.24. The van der Waals surface area contributed by atoms with Gasteiger partial charge in [-0.05, 0) is 86.3 Å². The lowest BCUT2D eigenvalue weighted by molar-refractivity contribution is 0.112. The van der Waals surface area contributed by atoms with Crippen LogP contribution in [0.3, 0.4) is 0 Å². The molecule has 0 saturated carbocycles. The van der Waals surface area contributed by atoms with Gasteiger partial charge in [-0.1, -0.05) is 30.3 Å². The number of β-amino-alcohol motifs (C(OH)–C–C–N with tert-alkyl or cyclic N) is 1. The largest absolute Gasteiger partial charge is 0.387 e. The molecule has 0 radical (unpaired) electrons. The second kappa shape index (κ2) is 10.9. The third-order valence-corrected chi connectivity index (χ3v) is 6.83. The molecule has 6 heteroatoms. The van der Waals surface area contributed by atoms with Crippen molar-refractivity contribution in [2.24, 2.45) is 0 Å². The summed E-state index contributed by atoms with van der Waals surface area (Å²) in [6, 6.07) is 25.9. The van der Waals surface area contributed by atoms with Gasteiger partial charge in [0.15, 0.2) is 0 Å². The molecular weight excluding hydrogens is 442 g/mol. The summed E-state index contributed by atoms with van der Waals surface area (Å²) in [5.41, 5.74) is 3.50. The summed E-state index contributed by atoms with van der Waals surface area (Å²) in [5, 5.41) is 15.4. The van der Waals surface area contributed by atoms with Crippen molar-refractivity contribution in [1.82, 2.24) is 9.88 Å². The van der Waals surface area contributed by atoms with Crippen LogP contribution in [-0.4, -0.2) is 28.0 Å². The lowest BCUT2D eigenvalue weighted by atomic mass is 9.99. The van der Waals surface area contributed by atoms with E-state index in [1.807, 2.05) is 66.7 Å². The summed E-state index contributed by atoms with van der Waals surface area (Å²) in [7, 11) is 0. The Labute approximate surface area is 205 Å². The minimum Gasteiger partial charge on any atom is -0.387 e. The normalized spacial score (nSPS) is 12.6. The van der Waals surface area contributed by atoms with Gasteiger partial charge >= 0.3 is 0 Å². The maximum atomic E-state index is 11.0. The predicted octanol–water partition coefficient (Wildman–Crippen LogP) is 6.06. The first-order chi connectivity index (χ1) is 16.4. The summed E-state index contributed by atoms with van der Waals surface area (Å²) in [5.74, 6) is 0. The van der Waals surface area contributed by atoms with Crippen LogP contribution >= 0.6 is 11.9 Å². The van der Waals surface area contributed by atoms with Crippen molar-refractivity contribution in [3.8, 4) is 0 Å². The summed E-state index contributed by atoms with van der Waals surface area (Å²) in [6.45, 7) is 5.63. The van der Waals surface area contributed by atoms with Crippen molar-refractivity contribution in [3.05, 3.63) is 96.2 Å². The monoisotopic (exact) mass is 473 g/mol. The molecular formula is C28H31N3O2S. The molecule has 1 atom stereocenters. The maximum Gasteiger partial charge on any atom is 0.150 e. The standard InChI is InChI=1S/C28H31N3O2S/c1-28(2,14-16-31-15-13-22-17-21(20-32)11-12-26(22)31)29-19-27(33)23-7-6-8-24(18-23)30-34-25-9-4-3-5-10-25/h3-13,15,17-18,20,27,29-30,33H,14,16,19H2,1-2H3. The molecule has 0 saturated heterocycles. The molecule has 0 aliphatic carbocycles. The molecule has 5 nitrogen and oxygen atoms in total. The number of hydrogen-bond acceptors (Lipinski definition) is 5. The molecule has 1 aromatic heterocycles. The van der Waals surface area contributed by atoms with Gasteiger partial charge in [-0.25, -0.2) is 0 Å². The van der Waals surface area contributed by atoms with Gasteiger partial charge in [-0.3, -0.25) is 4.79 Å². The Morgan fingerprint density at radius 2 is 1.85 bits per heavy atom. The lowest BCUT2D eigenvalue weighted by Gasteiger charge is -2.28. The van der Waals surface area contributed by atoms with E-state index in [-0.39, 0.29) is 5.54 Å². The quantitative estimate of drug-likeness (QED) is 0.182. The number of nitrogens with zero attached hydrogens (tertiary/aromatic N) is 1. The second-order valence-electron chi connectivity index (χ2n) is 9.12. The molecule has 1 unspecified atom stereocenters. The molecule has 0 bridgehead atoms. The highest BCUT2D eigenvalue weighted by atomic mass is 32.2. The van der Waals surface area contributed by atoms with Crippen LogP contribution in [0.5, 0.6) is 0 Å². The zero-order valence-corrected chi connectivity index (χ0v) is 20.4. The van der Waals surface area contributed by atoms with E-state index in [1.165, 1.54) is 0 Å². The molecule has 176 valence electrons. The Morgan fingerprint density at radius 3 is 2.65 bits per heavy atom. The molecule has 0 spiro atoms. The van der Waals surface area contributed by atoms with Crippen molar-refractivity contribution in [1.29, 1.82) is 0 Å². The first kappa shape index (κ1) is 24.1. The zero-order chi connectivity index (χ0) is 24.0. The number of aliphatic hydroxyl groups excluding tert-OH is 1. The van der Waals surface area contributed by atoms with Crippen LogP contribution < -0.4 is 10.0 Å². The Balaban J connectivity index is 1.30. The Morgan fingerprint density at radius 1 is 1.03 bits per heavy atom. The zero-order valence-electron chi connectivity index (χ0n) is 19.6. The van der Waals surface area contributed by atoms with Crippen molar-refractivity contribution in [3.63, 3.8) is 0 Å². The average molecular weight is 474 g/mol. The topological polar surface area (TPSA) is 66.3 Å². The van der Waals surface area contributed by atoms with Gasteiger partial charge in [0.05, 0.1) is 6.10 Å². The van der Waals surface area contributed by atoms with Crippen molar-refractivity contribution < 1.29 is 9.90 Å². The molecule has 3 aromatic carbocycles. The van der Waals surface area contributed by atoms with Crippen LogP contribution in [0.15, 0.2) is 90.0 Å². The lowest BCUT2D eigenvalue weighted by Crippen LogP contribution is -2.42. The molecule has 34 heavy (non-hydrogen) atoms. The van der Waals surface area contributed by atoms with E-state index in [0.717, 1.165) is 46.3 Å². The fourth-order valence-electron chi connectivity index (χ4n) is 3.88. The van der Waals surface area contributed by atoms with Gasteiger partial charge in [0.2, 0.25) is 0 Å². The molecule has 3 N–H and O–H groups in total. The Hall–Kier alpha value is -3.06. The highest BCUT2D eigenvalue weighted by Crippen LogP contribution is 2.24. The number of aliphatic hydroxyl groups is 1. The number of hydrogen-bond donors (Lipinski definition) is 3. The number of rotatable bonds is 11. The van der Waals surface area contributed by atoms with Crippen LogP contribution in [0.2, 0.25) is 0 Å². The van der Waals surface area contributed by atoms with Crippen LogP contribution in [0.25, 0.3) is 10.9 Å². The van der Waals surface area contributed by atoms with E-state index < -0.39 is 6.10 Å².